The van der Waals surface area contributed by atoms with E-state index in [-0.39, 0.29) is 5.91 Å². The van der Waals surface area contributed by atoms with E-state index in [2.05, 4.69) is 38.2 Å². The predicted octanol–water partition coefficient (Wildman–Crippen LogP) is 3.84. The van der Waals surface area contributed by atoms with Crippen molar-refractivity contribution in [3.63, 3.8) is 0 Å². The van der Waals surface area contributed by atoms with Gasteiger partial charge in [-0.1, -0.05) is 17.7 Å². The second-order valence-corrected chi connectivity index (χ2v) is 7.28. The number of anilines is 1. The van der Waals surface area contributed by atoms with Gasteiger partial charge in [-0.05, 0) is 74.8 Å². The maximum atomic E-state index is 12.6. The van der Waals surface area contributed by atoms with E-state index in [1.54, 1.807) is 0 Å². The SMILES string of the molecule is Cc1cc(C)c(NC(=O)C2[C@@H]3[C@H]4CC[C@@H](C4)[C@@H]23)c(C)c1. The molecule has 0 heterocycles. The number of nitrogens with one attached hydrogen (secondary N) is 1. The largest absolute Gasteiger partial charge is 0.325 e. The summed E-state index contributed by atoms with van der Waals surface area (Å²) in [5, 5.41) is 3.23. The van der Waals surface area contributed by atoms with Gasteiger partial charge < -0.3 is 5.32 Å². The molecule has 1 aromatic carbocycles. The smallest absolute Gasteiger partial charge is 0.228 e. The van der Waals surface area contributed by atoms with E-state index in [1.807, 2.05) is 0 Å². The minimum absolute atomic E-state index is 0.284. The summed E-state index contributed by atoms with van der Waals surface area (Å²) in [5.41, 5.74) is 4.67. The minimum atomic E-state index is 0.284. The number of carbonyl (C=O) groups excluding carboxylic acids is 1. The summed E-state index contributed by atoms with van der Waals surface area (Å²) in [6.07, 6.45) is 4.15. The van der Waals surface area contributed by atoms with Crippen molar-refractivity contribution < 1.29 is 4.79 Å². The summed E-state index contributed by atoms with van der Waals surface area (Å²) >= 11 is 0. The maximum Gasteiger partial charge on any atom is 0.228 e. The average molecular weight is 269 g/mol. The van der Waals surface area contributed by atoms with E-state index in [1.165, 1.54) is 36.0 Å². The second kappa shape index (κ2) is 4.09. The van der Waals surface area contributed by atoms with Gasteiger partial charge in [-0.2, -0.15) is 0 Å². The van der Waals surface area contributed by atoms with Crippen molar-refractivity contribution in [2.75, 3.05) is 5.32 Å². The fraction of sp³-hybridized carbons (Fsp3) is 0.611. The third-order valence-corrected chi connectivity index (χ3v) is 5.96. The Hall–Kier alpha value is -1.31. The van der Waals surface area contributed by atoms with Crippen molar-refractivity contribution in [2.45, 2.75) is 40.0 Å². The van der Waals surface area contributed by atoms with Crippen LogP contribution in [-0.4, -0.2) is 5.91 Å². The highest BCUT2D eigenvalue weighted by Gasteiger charge is 2.67. The highest BCUT2D eigenvalue weighted by Crippen LogP contribution is 2.69. The van der Waals surface area contributed by atoms with Crippen molar-refractivity contribution in [3.8, 4) is 0 Å². The number of hydrogen-bond donors (Lipinski definition) is 1. The molecule has 20 heavy (non-hydrogen) atoms. The molecule has 4 rings (SSSR count). The lowest BCUT2D eigenvalue weighted by molar-refractivity contribution is -0.118. The first kappa shape index (κ1) is 12.4. The zero-order valence-electron chi connectivity index (χ0n) is 12.6. The quantitative estimate of drug-likeness (QED) is 0.868. The van der Waals surface area contributed by atoms with Gasteiger partial charge in [0.2, 0.25) is 5.91 Å². The first-order chi connectivity index (χ1) is 9.56. The van der Waals surface area contributed by atoms with E-state index in [0.29, 0.717) is 5.92 Å². The second-order valence-electron chi connectivity index (χ2n) is 7.28. The number of hydrogen-bond acceptors (Lipinski definition) is 1. The minimum Gasteiger partial charge on any atom is -0.325 e. The van der Waals surface area contributed by atoms with Crippen LogP contribution >= 0.6 is 0 Å². The molecule has 1 aromatic rings. The van der Waals surface area contributed by atoms with E-state index >= 15 is 0 Å². The van der Waals surface area contributed by atoms with E-state index in [9.17, 15) is 4.79 Å². The highest BCUT2D eigenvalue weighted by atomic mass is 16.2. The molecule has 4 atom stereocenters. The van der Waals surface area contributed by atoms with Crippen LogP contribution in [-0.2, 0) is 4.79 Å². The summed E-state index contributed by atoms with van der Waals surface area (Å²) in [6, 6.07) is 4.31. The number of carbonyl (C=O) groups is 1. The fourth-order valence-corrected chi connectivity index (χ4v) is 5.26. The van der Waals surface area contributed by atoms with Crippen LogP contribution in [0.15, 0.2) is 12.1 Å². The van der Waals surface area contributed by atoms with Crippen LogP contribution in [0.1, 0.15) is 36.0 Å². The first-order valence-corrected chi connectivity index (χ1v) is 7.95. The van der Waals surface area contributed by atoms with Gasteiger partial charge in [0, 0.05) is 11.6 Å². The van der Waals surface area contributed by atoms with E-state index in [0.717, 1.165) is 29.4 Å². The van der Waals surface area contributed by atoms with Gasteiger partial charge in [0.1, 0.15) is 0 Å². The Bertz CT molecular complexity index is 552. The molecule has 3 aliphatic rings. The van der Waals surface area contributed by atoms with E-state index in [4.69, 9.17) is 0 Å². The lowest BCUT2D eigenvalue weighted by Crippen LogP contribution is -2.19. The number of fused-ring (bicyclic) bond motifs is 5. The molecular weight excluding hydrogens is 246 g/mol. The van der Waals surface area contributed by atoms with Crippen LogP contribution in [0.4, 0.5) is 5.69 Å². The summed E-state index contributed by atoms with van der Waals surface area (Å²) < 4.78 is 0. The van der Waals surface area contributed by atoms with Crippen LogP contribution in [0.5, 0.6) is 0 Å². The Balaban J connectivity index is 1.52. The van der Waals surface area contributed by atoms with E-state index < -0.39 is 0 Å². The molecule has 3 fully saturated rings. The molecule has 106 valence electrons. The number of benzene rings is 1. The van der Waals surface area contributed by atoms with Gasteiger partial charge in [-0.25, -0.2) is 0 Å². The maximum absolute atomic E-state index is 12.6. The predicted molar refractivity (Wildman–Crippen MR) is 80.6 cm³/mol. The zero-order valence-corrected chi connectivity index (χ0v) is 12.6. The number of amides is 1. The Labute approximate surface area is 121 Å². The average Bonchev–Trinajstić information content (AvgIpc) is 2.82. The summed E-state index contributed by atoms with van der Waals surface area (Å²) in [4.78, 5) is 12.6. The van der Waals surface area contributed by atoms with Gasteiger partial charge in [0.15, 0.2) is 0 Å². The third kappa shape index (κ3) is 1.66. The third-order valence-electron chi connectivity index (χ3n) is 5.96. The number of aryl methyl sites for hydroxylation is 3. The van der Waals surface area contributed by atoms with Crippen LogP contribution < -0.4 is 5.32 Å². The lowest BCUT2D eigenvalue weighted by Gasteiger charge is -2.14. The summed E-state index contributed by atoms with van der Waals surface area (Å²) in [6.45, 7) is 6.29. The topological polar surface area (TPSA) is 29.1 Å². The Kier molecular flexibility index (Phi) is 2.55. The molecule has 2 bridgehead atoms. The molecule has 2 nitrogen and oxygen atoms in total. The molecule has 0 radical (unpaired) electrons. The highest BCUT2D eigenvalue weighted by molar-refractivity contribution is 5.96. The van der Waals surface area contributed by atoms with Crippen molar-refractivity contribution in [2.24, 2.45) is 29.6 Å². The normalized spacial score (nSPS) is 36.9. The molecule has 0 aliphatic heterocycles. The zero-order chi connectivity index (χ0) is 14.0. The van der Waals surface area contributed by atoms with Crippen molar-refractivity contribution in [3.05, 3.63) is 28.8 Å². The van der Waals surface area contributed by atoms with Gasteiger partial charge in [-0.3, -0.25) is 4.79 Å². The van der Waals surface area contributed by atoms with Crippen molar-refractivity contribution in [1.82, 2.24) is 0 Å². The van der Waals surface area contributed by atoms with Crippen molar-refractivity contribution in [1.29, 1.82) is 0 Å². The van der Waals surface area contributed by atoms with Gasteiger partial charge >= 0.3 is 0 Å². The lowest BCUT2D eigenvalue weighted by atomic mass is 10.0. The van der Waals surface area contributed by atoms with Crippen LogP contribution in [0.3, 0.4) is 0 Å². The summed E-state index contributed by atoms with van der Waals surface area (Å²) in [5.74, 6) is 3.77. The Morgan fingerprint density at radius 1 is 1.05 bits per heavy atom. The van der Waals surface area contributed by atoms with Gasteiger partial charge in [-0.15, -0.1) is 0 Å². The molecule has 3 saturated carbocycles. The Morgan fingerprint density at radius 2 is 1.60 bits per heavy atom. The Morgan fingerprint density at radius 3 is 2.15 bits per heavy atom. The molecule has 0 aromatic heterocycles. The van der Waals surface area contributed by atoms with Crippen LogP contribution in [0.2, 0.25) is 0 Å². The van der Waals surface area contributed by atoms with Gasteiger partial charge in [0.25, 0.3) is 0 Å². The molecule has 3 aliphatic carbocycles. The first-order valence-electron chi connectivity index (χ1n) is 7.95. The monoisotopic (exact) mass is 269 g/mol. The molecule has 0 saturated heterocycles. The van der Waals surface area contributed by atoms with Crippen LogP contribution in [0, 0.1) is 50.4 Å². The molecular formula is C18H23NO. The fourth-order valence-electron chi connectivity index (χ4n) is 5.26. The molecule has 1 N–H and O–H groups in total. The molecule has 1 amide bonds. The van der Waals surface area contributed by atoms with Gasteiger partial charge in [0.05, 0.1) is 0 Å². The summed E-state index contributed by atoms with van der Waals surface area (Å²) in [7, 11) is 0. The molecule has 2 heteroatoms. The molecule has 0 unspecified atom stereocenters. The molecule has 0 spiro atoms. The van der Waals surface area contributed by atoms with Crippen molar-refractivity contribution >= 4 is 11.6 Å². The standard InChI is InChI=1S/C18H23NO/c1-9-6-10(2)17(11(3)7-9)19-18(20)16-14-12-4-5-13(8-12)15(14)16/h6-7,12-16H,4-5,8H2,1-3H3,(H,19,20)/t12-,13-,14+,15+/m0/s1. The van der Waals surface area contributed by atoms with Crippen LogP contribution in [0.25, 0.3) is 0 Å². The number of rotatable bonds is 2.